The second kappa shape index (κ2) is 12.4. The van der Waals surface area contributed by atoms with Crippen molar-refractivity contribution < 1.29 is 4.74 Å². The summed E-state index contributed by atoms with van der Waals surface area (Å²) in [6.45, 7) is 6.49. The molecule has 1 heterocycles. The average molecular weight is 406 g/mol. The lowest BCUT2D eigenvalue weighted by molar-refractivity contribution is 0.107. The van der Waals surface area contributed by atoms with Crippen LogP contribution in [0.25, 0.3) is 0 Å². The summed E-state index contributed by atoms with van der Waals surface area (Å²) in [5, 5.41) is 10.9. The molecule has 0 radical (unpaired) electrons. The molecular weight excluding hydrogens is 374 g/mol. The van der Waals surface area contributed by atoms with Gasteiger partial charge in [0.1, 0.15) is 0 Å². The van der Waals surface area contributed by atoms with Crippen LogP contribution < -0.4 is 10.6 Å². The molecule has 30 heavy (non-hydrogen) atoms. The van der Waals surface area contributed by atoms with Gasteiger partial charge in [-0.05, 0) is 36.1 Å². The molecule has 0 saturated carbocycles. The number of nitrogens with one attached hydrogen (secondary N) is 2. The highest BCUT2D eigenvalue weighted by Gasteiger charge is 2.00. The van der Waals surface area contributed by atoms with Crippen molar-refractivity contribution in [1.82, 2.24) is 20.4 Å². The van der Waals surface area contributed by atoms with E-state index in [4.69, 9.17) is 9.73 Å². The number of rotatable bonds is 11. The van der Waals surface area contributed by atoms with Gasteiger partial charge in [-0.25, -0.2) is 4.99 Å². The van der Waals surface area contributed by atoms with E-state index < -0.39 is 0 Å². The Bertz CT molecular complexity index is 878. The monoisotopic (exact) mass is 405 g/mol. The van der Waals surface area contributed by atoms with Crippen LogP contribution in [0.5, 0.6) is 0 Å². The molecule has 0 saturated heterocycles. The maximum absolute atomic E-state index is 5.85. The molecule has 6 nitrogen and oxygen atoms in total. The number of nitrogens with zero attached hydrogens (tertiary/aromatic N) is 3. The minimum atomic E-state index is 0.595. The quantitative estimate of drug-likeness (QED) is 0.290. The third-order valence-electron chi connectivity index (χ3n) is 4.55. The van der Waals surface area contributed by atoms with E-state index in [0.717, 1.165) is 37.6 Å². The van der Waals surface area contributed by atoms with Crippen LogP contribution in [0.15, 0.2) is 78.0 Å². The summed E-state index contributed by atoms with van der Waals surface area (Å²) in [5.74, 6) is 0.837. The molecule has 3 aromatic rings. The molecule has 0 bridgehead atoms. The van der Waals surface area contributed by atoms with Gasteiger partial charge in [0.25, 0.3) is 0 Å². The van der Waals surface area contributed by atoms with Crippen molar-refractivity contribution in [3.63, 3.8) is 0 Å². The molecule has 2 N–H and O–H groups in total. The smallest absolute Gasteiger partial charge is 0.191 e. The lowest BCUT2D eigenvalue weighted by Gasteiger charge is -2.11. The van der Waals surface area contributed by atoms with Crippen molar-refractivity contribution in [3.8, 4) is 0 Å². The third kappa shape index (κ3) is 7.72. The van der Waals surface area contributed by atoms with Crippen LogP contribution in [-0.4, -0.2) is 28.8 Å². The van der Waals surface area contributed by atoms with Crippen LogP contribution in [0.4, 0.5) is 0 Å². The molecule has 0 unspecified atom stereocenters. The first kappa shape index (κ1) is 21.6. The zero-order valence-corrected chi connectivity index (χ0v) is 17.6. The van der Waals surface area contributed by atoms with Gasteiger partial charge in [-0.2, -0.15) is 5.10 Å². The van der Waals surface area contributed by atoms with Crippen molar-refractivity contribution in [2.24, 2.45) is 4.99 Å². The molecule has 0 aliphatic heterocycles. The second-order valence-corrected chi connectivity index (χ2v) is 7.04. The van der Waals surface area contributed by atoms with Gasteiger partial charge in [-0.15, -0.1) is 0 Å². The zero-order valence-electron chi connectivity index (χ0n) is 17.6. The van der Waals surface area contributed by atoms with Crippen LogP contribution in [0.2, 0.25) is 0 Å². The van der Waals surface area contributed by atoms with E-state index in [1.165, 1.54) is 11.1 Å². The van der Waals surface area contributed by atoms with Gasteiger partial charge in [0.15, 0.2) is 5.96 Å². The largest absolute Gasteiger partial charge is 0.372 e. The van der Waals surface area contributed by atoms with Crippen LogP contribution >= 0.6 is 0 Å². The van der Waals surface area contributed by atoms with Crippen molar-refractivity contribution in [2.45, 2.75) is 39.6 Å². The summed E-state index contributed by atoms with van der Waals surface area (Å²) in [4.78, 5) is 4.72. The fraction of sp³-hybridized carbons (Fsp3) is 0.333. The number of guanidine groups is 1. The van der Waals surface area contributed by atoms with Crippen LogP contribution in [0, 0.1) is 0 Å². The highest BCUT2D eigenvalue weighted by atomic mass is 16.5. The maximum Gasteiger partial charge on any atom is 0.191 e. The highest BCUT2D eigenvalue weighted by Crippen LogP contribution is 2.10. The first-order chi connectivity index (χ1) is 14.8. The number of aliphatic imine (C=N–C) groups is 1. The summed E-state index contributed by atoms with van der Waals surface area (Å²) in [6, 6.07) is 20.6. The lowest BCUT2D eigenvalue weighted by atomic mass is 10.1. The van der Waals surface area contributed by atoms with E-state index in [-0.39, 0.29) is 0 Å². The summed E-state index contributed by atoms with van der Waals surface area (Å²) in [5.41, 5.74) is 3.52. The van der Waals surface area contributed by atoms with Gasteiger partial charge in [0.05, 0.1) is 19.8 Å². The Morgan fingerprint density at radius 2 is 1.77 bits per heavy atom. The van der Waals surface area contributed by atoms with Crippen molar-refractivity contribution in [2.75, 3.05) is 13.1 Å². The molecule has 0 fully saturated rings. The van der Waals surface area contributed by atoms with Gasteiger partial charge in [0, 0.05) is 32.0 Å². The van der Waals surface area contributed by atoms with Crippen LogP contribution in [0.3, 0.4) is 0 Å². The normalized spacial score (nSPS) is 11.4. The van der Waals surface area contributed by atoms with Gasteiger partial charge in [0.2, 0.25) is 0 Å². The Morgan fingerprint density at radius 3 is 2.57 bits per heavy atom. The van der Waals surface area contributed by atoms with E-state index in [1.807, 2.05) is 35.1 Å². The van der Waals surface area contributed by atoms with Gasteiger partial charge < -0.3 is 15.4 Å². The summed E-state index contributed by atoms with van der Waals surface area (Å²) < 4.78 is 7.79. The molecule has 0 amide bonds. The molecule has 0 spiro atoms. The number of aromatic nitrogens is 2. The molecule has 0 aliphatic carbocycles. The van der Waals surface area contributed by atoms with Crippen LogP contribution in [-0.2, 0) is 31.0 Å². The predicted octanol–water partition coefficient (Wildman–Crippen LogP) is 3.75. The molecule has 2 aromatic carbocycles. The number of benzene rings is 2. The molecule has 0 aliphatic rings. The number of ether oxygens (including phenoxy) is 1. The van der Waals surface area contributed by atoms with Crippen molar-refractivity contribution >= 4 is 5.96 Å². The van der Waals surface area contributed by atoms with Gasteiger partial charge >= 0.3 is 0 Å². The first-order valence-corrected chi connectivity index (χ1v) is 10.5. The van der Waals surface area contributed by atoms with Crippen molar-refractivity contribution in [1.29, 1.82) is 0 Å². The first-order valence-electron chi connectivity index (χ1n) is 10.5. The molecule has 6 heteroatoms. The number of hydrogen-bond acceptors (Lipinski definition) is 3. The van der Waals surface area contributed by atoms with E-state index in [9.17, 15) is 0 Å². The van der Waals surface area contributed by atoms with Gasteiger partial charge in [-0.1, -0.05) is 54.6 Å². The molecule has 158 valence electrons. The summed E-state index contributed by atoms with van der Waals surface area (Å²) in [7, 11) is 0. The number of hydrogen-bond donors (Lipinski definition) is 2. The molecule has 1 aromatic heterocycles. The standard InChI is InChI=1S/C24H31N5O/c1-2-25-24(26-13-7-15-29-16-8-14-28-29)27-18-22-11-6-12-23(17-22)20-30-19-21-9-4-3-5-10-21/h3-6,8-12,14,16-17H,2,7,13,15,18-20H2,1H3,(H2,25,26,27). The van der Waals surface area contributed by atoms with E-state index in [0.29, 0.717) is 19.8 Å². The highest BCUT2D eigenvalue weighted by molar-refractivity contribution is 5.79. The topological polar surface area (TPSA) is 63.5 Å². The Hall–Kier alpha value is -3.12. The maximum atomic E-state index is 5.85. The fourth-order valence-corrected chi connectivity index (χ4v) is 3.07. The average Bonchev–Trinajstić information content (AvgIpc) is 3.30. The zero-order chi connectivity index (χ0) is 20.9. The minimum Gasteiger partial charge on any atom is -0.372 e. The lowest BCUT2D eigenvalue weighted by Crippen LogP contribution is -2.38. The van der Waals surface area contributed by atoms with Gasteiger partial charge in [-0.3, -0.25) is 4.68 Å². The summed E-state index contributed by atoms with van der Waals surface area (Å²) in [6.07, 6.45) is 4.77. The summed E-state index contributed by atoms with van der Waals surface area (Å²) >= 11 is 0. The fourth-order valence-electron chi connectivity index (χ4n) is 3.07. The second-order valence-electron chi connectivity index (χ2n) is 7.04. The van der Waals surface area contributed by atoms with E-state index >= 15 is 0 Å². The van der Waals surface area contributed by atoms with Crippen LogP contribution in [0.1, 0.15) is 30.0 Å². The number of aryl methyl sites for hydroxylation is 1. The van der Waals surface area contributed by atoms with E-state index in [2.05, 4.69) is 59.1 Å². The molecular formula is C24H31N5O. The predicted molar refractivity (Wildman–Crippen MR) is 121 cm³/mol. The third-order valence-corrected chi connectivity index (χ3v) is 4.55. The molecule has 0 atom stereocenters. The Labute approximate surface area is 179 Å². The Kier molecular flexibility index (Phi) is 8.95. The minimum absolute atomic E-state index is 0.595. The molecule has 3 rings (SSSR count). The van der Waals surface area contributed by atoms with E-state index in [1.54, 1.807) is 6.20 Å². The Balaban J connectivity index is 1.45. The van der Waals surface area contributed by atoms with Crippen molar-refractivity contribution in [3.05, 3.63) is 89.7 Å². The SMILES string of the molecule is CCNC(=NCc1cccc(COCc2ccccc2)c1)NCCCn1cccn1. The Morgan fingerprint density at radius 1 is 0.967 bits per heavy atom.